The minimum absolute atomic E-state index is 0.110. The number of allylic oxidation sites excluding steroid dienone is 1. The fraction of sp³-hybridized carbons (Fsp3) is 0.789. The minimum Gasteiger partial charge on any atom is -0.457 e. The number of carbonyl (C=O) groups excluding carboxylic acids is 1. The highest BCUT2D eigenvalue weighted by Gasteiger charge is 2.67. The van der Waals surface area contributed by atoms with Gasteiger partial charge in [0.1, 0.15) is 36.6 Å². The van der Waals surface area contributed by atoms with E-state index < -0.39 is 85.7 Å². The molecular formula is C38H54O14. The second kappa shape index (κ2) is 14.1. The molecule has 1 aromatic rings. The minimum atomic E-state index is -1.70. The van der Waals surface area contributed by atoms with Crippen molar-refractivity contribution >= 4 is 5.97 Å². The average molecular weight is 735 g/mol. The Hall–Kier alpha value is -2.24. The molecule has 0 spiro atoms. The number of ether oxygens (including phenoxy) is 5. The second-order valence-corrected chi connectivity index (χ2v) is 16.5. The van der Waals surface area contributed by atoms with Crippen molar-refractivity contribution in [3.05, 3.63) is 46.0 Å². The lowest BCUT2D eigenvalue weighted by molar-refractivity contribution is -0.358. The lowest BCUT2D eigenvalue weighted by atomic mass is 9.45. The van der Waals surface area contributed by atoms with Crippen molar-refractivity contribution in [3.63, 3.8) is 0 Å². The topological polar surface area (TPSA) is 215 Å². The van der Waals surface area contributed by atoms with E-state index in [0.717, 1.165) is 44.1 Å². The van der Waals surface area contributed by atoms with Crippen LogP contribution >= 0.6 is 0 Å². The highest BCUT2D eigenvalue weighted by Crippen LogP contribution is 2.70. The van der Waals surface area contributed by atoms with Gasteiger partial charge in [-0.2, -0.15) is 0 Å². The predicted octanol–water partition coefficient (Wildman–Crippen LogP) is 1.41. The molecule has 0 aromatic carbocycles. The van der Waals surface area contributed by atoms with Crippen molar-refractivity contribution in [2.45, 2.75) is 158 Å². The van der Waals surface area contributed by atoms with Crippen LogP contribution < -0.4 is 5.63 Å². The smallest absolute Gasteiger partial charge is 0.335 e. The fourth-order valence-corrected chi connectivity index (χ4v) is 11.0. The summed E-state index contributed by atoms with van der Waals surface area (Å²) < 4.78 is 34.7. The van der Waals surface area contributed by atoms with Crippen LogP contribution in [0.5, 0.6) is 0 Å². The Morgan fingerprint density at radius 3 is 2.33 bits per heavy atom. The normalized spacial score (nSPS) is 48.9. The number of rotatable bonds is 7. The van der Waals surface area contributed by atoms with Crippen LogP contribution in [-0.4, -0.2) is 116 Å². The molecular weight excluding hydrogens is 680 g/mol. The fourth-order valence-electron chi connectivity index (χ4n) is 11.0. The third-order valence-corrected chi connectivity index (χ3v) is 13.9. The highest BCUT2D eigenvalue weighted by molar-refractivity contribution is 5.66. The van der Waals surface area contributed by atoms with Crippen LogP contribution in [0, 0.1) is 22.7 Å². The van der Waals surface area contributed by atoms with Gasteiger partial charge in [-0.15, -0.1) is 0 Å². The Kier molecular flexibility index (Phi) is 10.3. The number of aliphatic hydroxyl groups is 6. The maximum absolute atomic E-state index is 12.6. The quantitative estimate of drug-likeness (QED) is 0.173. The van der Waals surface area contributed by atoms with Gasteiger partial charge in [-0.1, -0.05) is 25.5 Å². The van der Waals surface area contributed by atoms with Gasteiger partial charge in [0.2, 0.25) is 0 Å². The first-order chi connectivity index (χ1) is 24.6. The molecule has 1 aromatic heterocycles. The number of carbonyl (C=O) groups is 1. The Labute approximate surface area is 302 Å². The van der Waals surface area contributed by atoms with E-state index in [9.17, 15) is 40.2 Å². The summed E-state index contributed by atoms with van der Waals surface area (Å²) in [6.07, 6.45) is -3.91. The van der Waals surface area contributed by atoms with Crippen LogP contribution in [0.25, 0.3) is 0 Å². The molecule has 14 nitrogen and oxygen atoms in total. The number of esters is 1. The molecule has 6 N–H and O–H groups in total. The third kappa shape index (κ3) is 6.20. The van der Waals surface area contributed by atoms with Crippen molar-refractivity contribution in [1.29, 1.82) is 0 Å². The van der Waals surface area contributed by atoms with E-state index in [1.165, 1.54) is 18.6 Å². The molecule has 2 aliphatic heterocycles. The zero-order chi connectivity index (χ0) is 37.3. The van der Waals surface area contributed by atoms with Crippen LogP contribution in [0.3, 0.4) is 0 Å². The van der Waals surface area contributed by atoms with Gasteiger partial charge < -0.3 is 58.7 Å². The van der Waals surface area contributed by atoms with E-state index in [0.29, 0.717) is 12.8 Å². The molecule has 17 atom stereocenters. The van der Waals surface area contributed by atoms with E-state index in [1.807, 2.05) is 6.07 Å². The van der Waals surface area contributed by atoms with Gasteiger partial charge in [-0.25, -0.2) is 4.79 Å². The number of aliphatic hydroxyl groups excluding tert-OH is 5. The summed E-state index contributed by atoms with van der Waals surface area (Å²) in [4.78, 5) is 23.8. The molecule has 0 bridgehead atoms. The second-order valence-electron chi connectivity index (χ2n) is 16.5. The molecule has 3 saturated carbocycles. The first kappa shape index (κ1) is 38.1. The Morgan fingerprint density at radius 2 is 1.63 bits per heavy atom. The van der Waals surface area contributed by atoms with E-state index in [1.54, 1.807) is 13.2 Å². The molecule has 7 rings (SSSR count). The van der Waals surface area contributed by atoms with E-state index in [-0.39, 0.29) is 34.2 Å². The standard InChI is InChI=1S/C38H54O14/c1-18-32(52-34-30(44)29(43)28(42)26(16-39)51-34)33(49-19(2)40)31(45)35(48-18)50-22-9-12-36(3)21(15-22)6-7-25-24(36)10-13-37(4)23(11-14-38(25,37)46)20-5-8-27(41)47-17-20/h5,8,15,17-18,22-26,28-35,39,42-46H,6-7,9-14,16H2,1-4H3/t18-,22+,23+,24-,25+,26-,28-,29-,30+,31-,32-,33-,34-,35+,36-,37+,38-/m0/s1. The van der Waals surface area contributed by atoms with Gasteiger partial charge in [0.05, 0.1) is 30.7 Å². The van der Waals surface area contributed by atoms with Crippen LogP contribution in [0.15, 0.2) is 39.3 Å². The van der Waals surface area contributed by atoms with Crippen molar-refractivity contribution in [3.8, 4) is 0 Å². The first-order valence-corrected chi connectivity index (χ1v) is 18.8. The summed E-state index contributed by atoms with van der Waals surface area (Å²) in [5, 5.41) is 64.6. The molecule has 0 unspecified atom stereocenters. The lowest BCUT2D eigenvalue weighted by Crippen LogP contribution is -2.64. The molecule has 0 radical (unpaired) electrons. The van der Waals surface area contributed by atoms with Crippen LogP contribution in [0.1, 0.15) is 90.5 Å². The van der Waals surface area contributed by atoms with Gasteiger partial charge >= 0.3 is 11.6 Å². The van der Waals surface area contributed by atoms with Crippen molar-refractivity contribution in [1.82, 2.24) is 0 Å². The van der Waals surface area contributed by atoms with Crippen LogP contribution in [-0.2, 0) is 28.5 Å². The van der Waals surface area contributed by atoms with E-state index >= 15 is 0 Å². The van der Waals surface area contributed by atoms with Crippen LogP contribution in [0.2, 0.25) is 0 Å². The lowest BCUT2D eigenvalue weighted by Gasteiger charge is -2.62. The van der Waals surface area contributed by atoms with Gasteiger partial charge in [0, 0.05) is 18.4 Å². The summed E-state index contributed by atoms with van der Waals surface area (Å²) >= 11 is 0. The first-order valence-electron chi connectivity index (χ1n) is 18.8. The van der Waals surface area contributed by atoms with Crippen LogP contribution in [0.4, 0.5) is 0 Å². The molecule has 14 heteroatoms. The molecule has 290 valence electrons. The molecule has 6 aliphatic rings. The van der Waals surface area contributed by atoms with Gasteiger partial charge in [0.15, 0.2) is 18.7 Å². The average Bonchev–Trinajstić information content (AvgIpc) is 3.39. The largest absolute Gasteiger partial charge is 0.457 e. The molecule has 2 saturated heterocycles. The Morgan fingerprint density at radius 1 is 0.885 bits per heavy atom. The summed E-state index contributed by atoms with van der Waals surface area (Å²) in [6.45, 7) is 6.69. The molecule has 0 amide bonds. The summed E-state index contributed by atoms with van der Waals surface area (Å²) in [7, 11) is 0. The maximum Gasteiger partial charge on any atom is 0.335 e. The number of fused-ring (bicyclic) bond motifs is 5. The summed E-state index contributed by atoms with van der Waals surface area (Å²) in [6, 6.07) is 3.31. The van der Waals surface area contributed by atoms with Crippen molar-refractivity contribution in [2.24, 2.45) is 22.7 Å². The SMILES string of the molecule is CC(=O)O[C@H]1[C@H](O)[C@@H](O[C@H]2C=C3CC[C@@H]4[C@H](CC[C@]5(C)[C@@H](c6ccc(=O)oc6)CC[C@]45O)[C@@]3(C)CC2)O[C@@H](C)[C@@H]1O[C@@H]1O[C@@H](CO)[C@H](O)[C@H](O)[C@H]1O. The molecule has 5 fully saturated rings. The summed E-state index contributed by atoms with van der Waals surface area (Å²) in [5.74, 6) is -0.176. The molecule has 52 heavy (non-hydrogen) atoms. The zero-order valence-corrected chi connectivity index (χ0v) is 30.2. The van der Waals surface area contributed by atoms with Gasteiger partial charge in [-0.3, -0.25) is 4.79 Å². The van der Waals surface area contributed by atoms with Crippen molar-refractivity contribution < 1.29 is 63.5 Å². The highest BCUT2D eigenvalue weighted by atomic mass is 16.7. The third-order valence-electron chi connectivity index (χ3n) is 13.9. The van der Waals surface area contributed by atoms with E-state index in [2.05, 4.69) is 19.9 Å². The maximum atomic E-state index is 12.6. The number of hydrogen-bond donors (Lipinski definition) is 6. The zero-order valence-electron chi connectivity index (χ0n) is 30.2. The summed E-state index contributed by atoms with van der Waals surface area (Å²) in [5.41, 5.74) is 0.560. The predicted molar refractivity (Wildman–Crippen MR) is 180 cm³/mol. The Balaban J connectivity index is 1.05. The Bertz CT molecular complexity index is 1540. The molecule has 4 aliphatic carbocycles. The van der Waals surface area contributed by atoms with Gasteiger partial charge in [-0.05, 0) is 93.1 Å². The van der Waals surface area contributed by atoms with Crippen molar-refractivity contribution in [2.75, 3.05) is 6.61 Å². The van der Waals surface area contributed by atoms with E-state index in [4.69, 9.17) is 28.1 Å². The van der Waals surface area contributed by atoms with Gasteiger partial charge in [0.25, 0.3) is 0 Å². The monoisotopic (exact) mass is 734 g/mol. The molecule has 3 heterocycles. The number of hydrogen-bond acceptors (Lipinski definition) is 14.